The van der Waals surface area contributed by atoms with E-state index in [0.717, 1.165) is 162 Å². The Morgan fingerprint density at radius 1 is 0.196 bits per heavy atom. The Bertz CT molecular complexity index is 6600. The van der Waals surface area contributed by atoms with E-state index < -0.39 is 0 Å². The fraction of sp³-hybridized carbons (Fsp3) is 0. The predicted octanol–water partition coefficient (Wildman–Crippen LogP) is 27.0. The van der Waals surface area contributed by atoms with Crippen molar-refractivity contribution in [3.63, 3.8) is 0 Å². The summed E-state index contributed by atoms with van der Waals surface area (Å²) < 4.78 is 17.8. The quantitative estimate of drug-likeness (QED) is 0.115. The maximum Gasteiger partial charge on any atom is 0.136 e. The third-order valence-electron chi connectivity index (χ3n) is 20.5. The van der Waals surface area contributed by atoms with Gasteiger partial charge in [-0.05, 0) is 172 Å². The topological polar surface area (TPSA) is 42.6 Å². The summed E-state index contributed by atoms with van der Waals surface area (Å²) in [5.74, 6) is 0. The molecule has 0 unspecified atom stereocenters. The SMILES string of the molecule is c1ccc(-c2ccc(N(c3cccc(-n4c5ccccc5c5cc(-c6ccc(-c7cccc(N(c8cccc(-n9c%10ccccc%10c%10ccccc%109)c8)c8ccccc8-c8cccc9oc%10ccccc%10c89)c7)cc6)ccc54)c3)c3ccccc3-c3cccc4oc5ccccc5c34)cc2)cc1. The Morgan fingerprint density at radius 3 is 1.08 bits per heavy atom. The Hall–Kier alpha value is -13.7. The Morgan fingerprint density at radius 2 is 0.539 bits per heavy atom. The minimum atomic E-state index is 0.861. The van der Waals surface area contributed by atoms with Crippen LogP contribution in [0.1, 0.15) is 0 Å². The zero-order chi connectivity index (χ0) is 67.2. The molecule has 0 aliphatic heterocycles. The molecule has 20 aromatic rings. The second kappa shape index (κ2) is 24.1. The Labute approximate surface area is 588 Å². The number of rotatable bonds is 13. The smallest absolute Gasteiger partial charge is 0.136 e. The van der Waals surface area contributed by atoms with Gasteiger partial charge in [-0.1, -0.05) is 249 Å². The number of hydrogen-bond donors (Lipinski definition) is 0. The molecule has 0 aliphatic rings. The number of para-hydroxylation sites is 7. The van der Waals surface area contributed by atoms with E-state index in [1.807, 2.05) is 12.1 Å². The van der Waals surface area contributed by atoms with Crippen LogP contribution in [0, 0.1) is 0 Å². The number of nitrogens with zero attached hydrogens (tertiary/aromatic N) is 4. The second-order valence-corrected chi connectivity index (χ2v) is 26.3. The summed E-state index contributed by atoms with van der Waals surface area (Å²) in [5.41, 5.74) is 27.7. The average molecular weight is 1300 g/mol. The molecule has 0 bridgehead atoms. The summed E-state index contributed by atoms with van der Waals surface area (Å²) in [7, 11) is 0. The van der Waals surface area contributed by atoms with E-state index in [0.29, 0.717) is 0 Å². The van der Waals surface area contributed by atoms with Gasteiger partial charge in [0.2, 0.25) is 0 Å². The molecule has 0 saturated carbocycles. The van der Waals surface area contributed by atoms with Gasteiger partial charge < -0.3 is 27.8 Å². The summed E-state index contributed by atoms with van der Waals surface area (Å²) in [6.07, 6.45) is 0. The summed E-state index contributed by atoms with van der Waals surface area (Å²) >= 11 is 0. The van der Waals surface area contributed by atoms with Crippen molar-refractivity contribution >= 4 is 122 Å². The van der Waals surface area contributed by atoms with Gasteiger partial charge in [-0.15, -0.1) is 0 Å². The van der Waals surface area contributed by atoms with Crippen LogP contribution >= 0.6 is 0 Å². The highest BCUT2D eigenvalue weighted by Crippen LogP contribution is 2.49. The van der Waals surface area contributed by atoms with Crippen molar-refractivity contribution in [1.82, 2.24) is 9.13 Å². The number of hydrogen-bond acceptors (Lipinski definition) is 4. The van der Waals surface area contributed by atoms with Gasteiger partial charge in [0.25, 0.3) is 0 Å². The molecule has 16 aromatic carbocycles. The highest BCUT2D eigenvalue weighted by molar-refractivity contribution is 6.16. The lowest BCUT2D eigenvalue weighted by Crippen LogP contribution is -2.12. The van der Waals surface area contributed by atoms with E-state index in [9.17, 15) is 0 Å². The van der Waals surface area contributed by atoms with Crippen LogP contribution in [0.4, 0.5) is 34.1 Å². The van der Waals surface area contributed by atoms with Gasteiger partial charge in [-0.2, -0.15) is 0 Å². The van der Waals surface area contributed by atoms with Crippen LogP contribution in [0.2, 0.25) is 0 Å². The van der Waals surface area contributed by atoms with E-state index in [-0.39, 0.29) is 0 Å². The first-order valence-electron chi connectivity index (χ1n) is 34.8. The molecule has 102 heavy (non-hydrogen) atoms. The van der Waals surface area contributed by atoms with Gasteiger partial charge in [0.15, 0.2) is 0 Å². The van der Waals surface area contributed by atoms with Crippen molar-refractivity contribution < 1.29 is 8.83 Å². The van der Waals surface area contributed by atoms with Crippen molar-refractivity contribution in [2.24, 2.45) is 0 Å². The zero-order valence-electron chi connectivity index (χ0n) is 55.4. The van der Waals surface area contributed by atoms with Crippen LogP contribution in [0.15, 0.2) is 385 Å². The number of aromatic nitrogens is 2. The van der Waals surface area contributed by atoms with E-state index in [1.54, 1.807) is 0 Å². The van der Waals surface area contributed by atoms with Crippen molar-refractivity contribution in [2.75, 3.05) is 9.80 Å². The minimum Gasteiger partial charge on any atom is -0.456 e. The number of anilines is 6. The Kier molecular flexibility index (Phi) is 13.8. The lowest BCUT2D eigenvalue weighted by Gasteiger charge is -2.29. The number of fused-ring (bicyclic) bond motifs is 12. The molecule has 4 heterocycles. The molecular formula is C96H62N4O2. The summed E-state index contributed by atoms with van der Waals surface area (Å²) in [4.78, 5) is 4.84. The molecule has 6 heteroatoms. The van der Waals surface area contributed by atoms with E-state index in [1.165, 1.54) is 27.1 Å². The zero-order valence-corrected chi connectivity index (χ0v) is 55.4. The molecule has 0 spiro atoms. The van der Waals surface area contributed by atoms with Gasteiger partial charge in [-0.25, -0.2) is 0 Å². The first-order chi connectivity index (χ1) is 50.6. The summed E-state index contributed by atoms with van der Waals surface area (Å²) in [6.45, 7) is 0. The molecule has 0 radical (unpaired) electrons. The fourth-order valence-electron chi connectivity index (χ4n) is 15.9. The highest BCUT2D eigenvalue weighted by atomic mass is 16.3. The maximum absolute atomic E-state index is 6.52. The molecular weight excluding hydrogens is 1240 g/mol. The van der Waals surface area contributed by atoms with Gasteiger partial charge in [0, 0.05) is 88.3 Å². The van der Waals surface area contributed by atoms with E-state index in [4.69, 9.17) is 8.83 Å². The molecule has 20 rings (SSSR count). The summed E-state index contributed by atoms with van der Waals surface area (Å²) in [6, 6.07) is 136. The molecule has 0 N–H and O–H groups in total. The molecule has 0 atom stereocenters. The van der Waals surface area contributed by atoms with Crippen LogP contribution in [0.5, 0.6) is 0 Å². The average Bonchev–Trinajstić information content (AvgIpc) is 1.41. The lowest BCUT2D eigenvalue weighted by molar-refractivity contribution is 0.668. The number of benzene rings is 16. The molecule has 4 aromatic heterocycles. The van der Waals surface area contributed by atoms with Gasteiger partial charge in [-0.3, -0.25) is 0 Å². The fourth-order valence-corrected chi connectivity index (χ4v) is 15.9. The Balaban J connectivity index is 0.676. The van der Waals surface area contributed by atoms with Crippen LogP contribution in [-0.2, 0) is 0 Å². The van der Waals surface area contributed by atoms with Crippen LogP contribution in [0.3, 0.4) is 0 Å². The third-order valence-corrected chi connectivity index (χ3v) is 20.5. The minimum absolute atomic E-state index is 0.861. The predicted molar refractivity (Wildman–Crippen MR) is 426 cm³/mol. The molecule has 0 saturated heterocycles. The lowest BCUT2D eigenvalue weighted by atomic mass is 9.96. The van der Waals surface area contributed by atoms with Crippen molar-refractivity contribution in [2.45, 2.75) is 0 Å². The van der Waals surface area contributed by atoms with Gasteiger partial charge in [0.1, 0.15) is 22.3 Å². The largest absolute Gasteiger partial charge is 0.456 e. The van der Waals surface area contributed by atoms with Gasteiger partial charge >= 0.3 is 0 Å². The molecule has 0 amide bonds. The van der Waals surface area contributed by atoms with Crippen molar-refractivity contribution in [3.8, 4) is 67.0 Å². The highest BCUT2D eigenvalue weighted by Gasteiger charge is 2.25. The molecule has 0 fully saturated rings. The number of furan rings is 2. The van der Waals surface area contributed by atoms with Crippen LogP contribution in [0.25, 0.3) is 154 Å². The maximum atomic E-state index is 6.52. The monoisotopic (exact) mass is 1300 g/mol. The first-order valence-corrected chi connectivity index (χ1v) is 34.8. The van der Waals surface area contributed by atoms with Gasteiger partial charge in [0.05, 0.1) is 33.4 Å². The van der Waals surface area contributed by atoms with Crippen LogP contribution < -0.4 is 9.80 Å². The van der Waals surface area contributed by atoms with E-state index in [2.05, 4.69) is 383 Å². The molecule has 478 valence electrons. The normalized spacial score (nSPS) is 11.7. The standard InChI is InChI=1S/C96H62N4O2/c1-2-23-63(24-3-1)64-53-56-69(57-54-64)97(85-40-11-6-33-77(85)80-38-21-47-93-95(80)82-36-9-16-45-91(82)101-93)71-27-19-30-74(61-71)100-89-44-15-8-35-79(89)84-60-68(55-58-90(84)100)66-51-49-65(50-52-66)67-25-18-26-70(59-67)98(72-28-20-29-73(62-72)99-87-42-13-4-31-75(87)76-32-5-14-43-88(76)99)86-41-12-7-34-78(86)81-39-22-48-94-96(81)83-37-10-17-46-92(83)102-94/h1-62H. The second-order valence-electron chi connectivity index (χ2n) is 26.3. The summed E-state index contributed by atoms with van der Waals surface area (Å²) in [5, 5.41) is 9.21. The molecule has 0 aliphatic carbocycles. The van der Waals surface area contributed by atoms with Crippen molar-refractivity contribution in [3.05, 3.63) is 376 Å². The van der Waals surface area contributed by atoms with E-state index >= 15 is 0 Å². The third kappa shape index (κ3) is 9.72. The molecule has 6 nitrogen and oxygen atoms in total. The first kappa shape index (κ1) is 58.5. The van der Waals surface area contributed by atoms with Crippen molar-refractivity contribution in [1.29, 1.82) is 0 Å². The van der Waals surface area contributed by atoms with Crippen LogP contribution in [-0.4, -0.2) is 9.13 Å².